The standard InChI is InChI=1S/C26H28N4O5.C15H15N3O6.C11H15N.2CH4/c1-27-24(33)28-19-10-11-20-18(15-19)12-13-26(20)23(32)30(25(34)35-26)16-22(31)29-14-6-5-9-21(29)17-7-3-2-4-8-17;1-16-13(22)17-9-2-3-10-8(6-9)4-5-15(10)12(21)18(7-11(19)20)14(23)24-15;1-2-6-10(7-3-1)11-8-4-5-9-12-11;;/h2-4,7-8,10-11,15,21H,5-6,9,12-14,16H2,1H3,(H2,27,28,33);2-3,6H,4-5,7H2,1H3,(H,19,20)(H2,16,17,22);1-3,6-7,11-12H,4-5,8-9H2;2*1H4/t21-,26+;15-;11-;;/m010../s1. The molecule has 6 N–H and O–H groups in total. The van der Waals surface area contributed by atoms with E-state index < -0.39 is 47.7 Å². The van der Waals surface area contributed by atoms with Crippen molar-refractivity contribution >= 4 is 59.3 Å². The molecule has 2 aliphatic carbocycles. The number of imide groups is 2. The van der Waals surface area contributed by atoms with Gasteiger partial charge in [-0.25, -0.2) is 29.0 Å². The molecule has 0 unspecified atom stereocenters. The van der Waals surface area contributed by atoms with Crippen molar-refractivity contribution in [1.82, 2.24) is 30.7 Å². The number of rotatable bonds is 8. The maximum Gasteiger partial charge on any atom is 0.418 e. The third-order valence-electron chi connectivity index (χ3n) is 13.8. The Labute approximate surface area is 425 Å². The predicted molar refractivity (Wildman–Crippen MR) is 272 cm³/mol. The summed E-state index contributed by atoms with van der Waals surface area (Å²) < 4.78 is 10.9. The average molecular weight is 1000 g/mol. The lowest BCUT2D eigenvalue weighted by atomic mass is 9.94. The molecule has 0 bridgehead atoms. The second kappa shape index (κ2) is 23.6. The van der Waals surface area contributed by atoms with Crippen LogP contribution in [0.25, 0.3) is 0 Å². The van der Waals surface area contributed by atoms with Gasteiger partial charge in [-0.2, -0.15) is 0 Å². The normalized spacial score (nSPS) is 22.2. The lowest BCUT2D eigenvalue weighted by Gasteiger charge is -2.36. The first-order valence-electron chi connectivity index (χ1n) is 24.0. The first-order chi connectivity index (χ1) is 34.3. The fraction of sp³-hybridized carbons (Fsp3) is 0.407. The van der Waals surface area contributed by atoms with Gasteiger partial charge in [0.05, 0.1) is 6.04 Å². The van der Waals surface area contributed by atoms with Gasteiger partial charge in [0.15, 0.2) is 0 Å². The lowest BCUT2D eigenvalue weighted by molar-refractivity contribution is -0.144. The van der Waals surface area contributed by atoms with Gasteiger partial charge in [0, 0.05) is 62.0 Å². The number of carboxylic acid groups (broad SMARTS) is 1. The Kier molecular flexibility index (Phi) is 17.6. The van der Waals surface area contributed by atoms with Crippen LogP contribution in [0, 0.1) is 0 Å². The highest BCUT2D eigenvalue weighted by Gasteiger charge is 2.59. The summed E-state index contributed by atoms with van der Waals surface area (Å²) in [6, 6.07) is 30.5. The number of carbonyl (C=O) groups excluding carboxylic acids is 7. The molecule has 73 heavy (non-hydrogen) atoms. The van der Waals surface area contributed by atoms with Crippen molar-refractivity contribution in [2.45, 2.75) is 102 Å². The molecule has 9 amide bonds. The first-order valence-corrected chi connectivity index (χ1v) is 24.0. The van der Waals surface area contributed by atoms with Gasteiger partial charge in [0.2, 0.25) is 17.1 Å². The molecule has 0 aromatic heterocycles. The van der Waals surface area contributed by atoms with Gasteiger partial charge >= 0.3 is 30.2 Å². The molecule has 6 aliphatic rings. The van der Waals surface area contributed by atoms with E-state index in [4.69, 9.17) is 14.6 Å². The van der Waals surface area contributed by atoms with E-state index in [0.717, 1.165) is 40.9 Å². The SMILES string of the molecule is C.C.CNC(=O)Nc1ccc2c(c1)CC[C@@]21OC(=O)N(CC(=O)N2CCCC[C@H]2c2ccccc2)C1=O.CNC(=O)Nc1ccc2c(c1)CC[C@@]21OC(=O)N(CC(=O)O)C1=O.c1ccc([C@@H]2CCCCN2)cc1. The number of piperidine rings is 2. The van der Waals surface area contributed by atoms with Crippen molar-refractivity contribution in [3.8, 4) is 0 Å². The van der Waals surface area contributed by atoms with Crippen molar-refractivity contribution in [2.24, 2.45) is 0 Å². The Morgan fingerprint density at radius 1 is 0.644 bits per heavy atom. The van der Waals surface area contributed by atoms with E-state index in [-0.39, 0.29) is 51.8 Å². The molecule has 4 atom stereocenters. The molecule has 10 rings (SSSR count). The van der Waals surface area contributed by atoms with Crippen LogP contribution >= 0.6 is 0 Å². The Bertz CT molecular complexity index is 2700. The van der Waals surface area contributed by atoms with Crippen molar-refractivity contribution in [2.75, 3.05) is 50.9 Å². The molecule has 4 aromatic carbocycles. The second-order valence-electron chi connectivity index (χ2n) is 18.1. The minimum atomic E-state index is -1.46. The van der Waals surface area contributed by atoms with Crippen LogP contribution in [0.4, 0.5) is 30.6 Å². The van der Waals surface area contributed by atoms with Crippen molar-refractivity contribution in [3.05, 3.63) is 130 Å². The van der Waals surface area contributed by atoms with Crippen LogP contribution < -0.4 is 26.6 Å². The largest absolute Gasteiger partial charge is 0.480 e. The van der Waals surface area contributed by atoms with Gasteiger partial charge in [0.25, 0.3) is 11.8 Å². The highest BCUT2D eigenvalue weighted by molar-refractivity contribution is 6.07. The van der Waals surface area contributed by atoms with Crippen LogP contribution in [0.15, 0.2) is 97.1 Å². The number of likely N-dealkylation sites (tertiary alicyclic amines) is 1. The number of benzene rings is 4. The molecule has 0 saturated carbocycles. The van der Waals surface area contributed by atoms with Crippen LogP contribution in [0.1, 0.15) is 112 Å². The number of anilines is 2. The number of ether oxygens (including phenoxy) is 2. The Hall–Kier alpha value is -7.80. The summed E-state index contributed by atoms with van der Waals surface area (Å²) in [5, 5.41) is 22.6. The third-order valence-corrected chi connectivity index (χ3v) is 13.8. The average Bonchev–Trinajstić information content (AvgIpc) is 4.09. The number of aliphatic carboxylic acids is 1. The number of carboxylic acids is 1. The third kappa shape index (κ3) is 11.5. The second-order valence-corrected chi connectivity index (χ2v) is 18.1. The summed E-state index contributed by atoms with van der Waals surface area (Å²) in [4.78, 5) is 101. The fourth-order valence-electron chi connectivity index (χ4n) is 10.3. The molecule has 4 aromatic rings. The van der Waals surface area contributed by atoms with E-state index in [2.05, 4.69) is 56.9 Å². The monoisotopic (exact) mass is 1000 g/mol. The minimum Gasteiger partial charge on any atom is -0.480 e. The fourth-order valence-corrected chi connectivity index (χ4v) is 10.3. The number of hydrogen-bond acceptors (Lipinski definition) is 11. The maximum absolute atomic E-state index is 13.5. The number of amides is 9. The summed E-state index contributed by atoms with van der Waals surface area (Å²) in [5.74, 6) is -2.72. The summed E-state index contributed by atoms with van der Waals surface area (Å²) in [6.07, 6.45) is 6.53. The van der Waals surface area contributed by atoms with Crippen LogP contribution in [-0.4, -0.2) is 108 Å². The zero-order valence-corrected chi connectivity index (χ0v) is 39.7. The smallest absolute Gasteiger partial charge is 0.418 e. The number of carbonyl (C=O) groups is 8. The number of nitrogens with one attached hydrogen (secondary N) is 5. The number of aryl methyl sites for hydroxylation is 2. The van der Waals surface area contributed by atoms with Crippen LogP contribution in [0.3, 0.4) is 0 Å². The highest BCUT2D eigenvalue weighted by Crippen LogP contribution is 2.47. The van der Waals surface area contributed by atoms with Gasteiger partial charge in [-0.3, -0.25) is 19.2 Å². The molecule has 19 heteroatoms. The molecule has 4 aliphatic heterocycles. The first kappa shape index (κ1) is 54.5. The van der Waals surface area contributed by atoms with Gasteiger partial charge in [-0.1, -0.05) is 94.1 Å². The lowest BCUT2D eigenvalue weighted by Crippen LogP contribution is -2.47. The molecule has 4 saturated heterocycles. The molecular weight excluding hydrogens is 937 g/mol. The van der Waals surface area contributed by atoms with E-state index in [1.54, 1.807) is 41.3 Å². The number of urea groups is 2. The number of hydrogen-bond donors (Lipinski definition) is 6. The van der Waals surface area contributed by atoms with E-state index >= 15 is 0 Å². The minimum absolute atomic E-state index is 0. The number of fused-ring (bicyclic) bond motifs is 4. The van der Waals surface area contributed by atoms with Gasteiger partial charge < -0.3 is 46.1 Å². The van der Waals surface area contributed by atoms with Crippen LogP contribution in [0.2, 0.25) is 0 Å². The topological polar surface area (TPSA) is 245 Å². The van der Waals surface area contributed by atoms with Crippen LogP contribution in [0.5, 0.6) is 0 Å². The molecular formula is C54H66N8O11. The van der Waals surface area contributed by atoms with E-state index in [9.17, 15) is 38.4 Å². The van der Waals surface area contributed by atoms with Crippen molar-refractivity contribution in [1.29, 1.82) is 0 Å². The van der Waals surface area contributed by atoms with Gasteiger partial charge in [-0.05, 0) is 98.0 Å². The Balaban J connectivity index is 0.000000197. The Morgan fingerprint density at radius 2 is 1.14 bits per heavy atom. The molecule has 19 nitrogen and oxygen atoms in total. The van der Waals surface area contributed by atoms with E-state index in [1.807, 2.05) is 30.3 Å². The molecule has 4 fully saturated rings. The zero-order chi connectivity index (χ0) is 50.3. The summed E-state index contributed by atoms with van der Waals surface area (Å²) in [7, 11) is 3.02. The zero-order valence-electron chi connectivity index (χ0n) is 39.7. The van der Waals surface area contributed by atoms with Crippen molar-refractivity contribution < 1.29 is 52.9 Å². The maximum atomic E-state index is 13.5. The summed E-state index contributed by atoms with van der Waals surface area (Å²) >= 11 is 0. The Morgan fingerprint density at radius 3 is 1.62 bits per heavy atom. The van der Waals surface area contributed by atoms with E-state index in [0.29, 0.717) is 59.3 Å². The highest BCUT2D eigenvalue weighted by atomic mass is 16.6. The molecule has 0 radical (unpaired) electrons. The van der Waals surface area contributed by atoms with Crippen LogP contribution in [-0.2, 0) is 52.7 Å². The van der Waals surface area contributed by atoms with Crippen molar-refractivity contribution in [3.63, 3.8) is 0 Å². The number of nitrogens with zero attached hydrogens (tertiary/aromatic N) is 3. The summed E-state index contributed by atoms with van der Waals surface area (Å²) in [5.41, 5.74) is 3.47. The molecule has 2 spiro atoms. The predicted octanol–water partition coefficient (Wildman–Crippen LogP) is 7.73. The molecule has 4 heterocycles. The molecule has 388 valence electrons. The quantitative estimate of drug-likeness (QED) is 0.0994. The summed E-state index contributed by atoms with van der Waals surface area (Å²) in [6.45, 7) is 0.698. The van der Waals surface area contributed by atoms with E-state index in [1.165, 1.54) is 45.5 Å². The van der Waals surface area contributed by atoms with Gasteiger partial charge in [-0.15, -0.1) is 0 Å². The van der Waals surface area contributed by atoms with Gasteiger partial charge in [0.1, 0.15) is 13.1 Å².